The summed E-state index contributed by atoms with van der Waals surface area (Å²) in [6, 6.07) is 1.75. The van der Waals surface area contributed by atoms with Crippen molar-refractivity contribution in [2.24, 2.45) is 5.92 Å². The summed E-state index contributed by atoms with van der Waals surface area (Å²) in [6.45, 7) is 0. The Kier molecular flexibility index (Phi) is 6.30. The minimum absolute atomic E-state index is 0.242. The van der Waals surface area contributed by atoms with Crippen LogP contribution in [0.3, 0.4) is 0 Å². The zero-order valence-corrected chi connectivity index (χ0v) is 13.8. The van der Waals surface area contributed by atoms with Gasteiger partial charge in [0.2, 0.25) is 4.33 Å². The van der Waals surface area contributed by atoms with Crippen LogP contribution in [0.15, 0.2) is 35.3 Å². The van der Waals surface area contributed by atoms with E-state index in [2.05, 4.69) is 9.47 Å². The number of methoxy groups -OCH3 is 2. The van der Waals surface area contributed by atoms with Gasteiger partial charge < -0.3 is 14.4 Å². The van der Waals surface area contributed by atoms with Crippen LogP contribution < -0.4 is 0 Å². The molecule has 0 atom stereocenters. The highest BCUT2D eigenvalue weighted by atomic mass is 35.5. The van der Waals surface area contributed by atoms with Crippen molar-refractivity contribution in [2.45, 2.75) is 4.33 Å². The van der Waals surface area contributed by atoms with Gasteiger partial charge in [-0.3, -0.25) is 0 Å². The van der Waals surface area contributed by atoms with Gasteiger partial charge in [-0.2, -0.15) is 5.26 Å². The van der Waals surface area contributed by atoms with Gasteiger partial charge >= 0.3 is 11.9 Å². The molecule has 0 aromatic heterocycles. The number of hydrogen-bond donors (Lipinski definition) is 0. The van der Waals surface area contributed by atoms with Crippen LogP contribution in [0.1, 0.15) is 0 Å². The Labute approximate surface area is 142 Å². The summed E-state index contributed by atoms with van der Waals surface area (Å²) in [5.41, 5.74) is -0.242. The van der Waals surface area contributed by atoms with Crippen LogP contribution in [0.25, 0.3) is 0 Å². The van der Waals surface area contributed by atoms with Crippen molar-refractivity contribution in [1.82, 2.24) is 4.90 Å². The van der Waals surface area contributed by atoms with Gasteiger partial charge in [0, 0.05) is 18.3 Å². The predicted molar refractivity (Wildman–Crippen MR) is 80.6 cm³/mol. The Balaban J connectivity index is 3.16. The SMILES string of the molecule is COC(=O)/C(Cl)=C(\C(=O)OC)N1C=CC(C(Cl)(Cl)C#N)C=C1. The average molecular weight is 366 g/mol. The van der Waals surface area contributed by atoms with E-state index in [-0.39, 0.29) is 5.70 Å². The molecule has 118 valence electrons. The second-order valence-corrected chi connectivity index (χ2v) is 5.76. The van der Waals surface area contributed by atoms with Crippen molar-refractivity contribution in [3.63, 3.8) is 0 Å². The lowest BCUT2D eigenvalue weighted by atomic mass is 10.0. The molecule has 1 aliphatic rings. The zero-order valence-electron chi connectivity index (χ0n) is 11.5. The van der Waals surface area contributed by atoms with Crippen molar-refractivity contribution < 1.29 is 19.1 Å². The number of nitriles is 1. The maximum atomic E-state index is 11.8. The molecule has 0 amide bonds. The minimum Gasteiger partial charge on any atom is -0.465 e. The molecule has 1 rings (SSSR count). The first-order chi connectivity index (χ1) is 10.3. The molecule has 0 bridgehead atoms. The van der Waals surface area contributed by atoms with Crippen LogP contribution in [0, 0.1) is 17.2 Å². The molecule has 22 heavy (non-hydrogen) atoms. The maximum absolute atomic E-state index is 11.8. The molecule has 0 fully saturated rings. The second kappa shape index (κ2) is 7.54. The topological polar surface area (TPSA) is 79.6 Å². The molecule has 0 aliphatic carbocycles. The van der Waals surface area contributed by atoms with E-state index in [0.717, 1.165) is 14.2 Å². The molecule has 9 heteroatoms. The molecule has 0 aromatic rings. The fraction of sp³-hybridized carbons (Fsp3) is 0.308. The van der Waals surface area contributed by atoms with Crippen LogP contribution in [0.2, 0.25) is 0 Å². The second-order valence-electron chi connectivity index (χ2n) is 4.00. The Morgan fingerprint density at radius 2 is 1.68 bits per heavy atom. The lowest BCUT2D eigenvalue weighted by Gasteiger charge is -2.26. The first kappa shape index (κ1) is 18.4. The number of nitrogens with zero attached hydrogens (tertiary/aromatic N) is 2. The number of ether oxygens (including phenoxy) is 2. The van der Waals surface area contributed by atoms with Gasteiger partial charge in [-0.05, 0) is 0 Å². The number of halogens is 3. The largest absolute Gasteiger partial charge is 0.465 e. The molecule has 0 radical (unpaired) electrons. The summed E-state index contributed by atoms with van der Waals surface area (Å²) < 4.78 is 7.42. The van der Waals surface area contributed by atoms with E-state index in [1.54, 1.807) is 6.07 Å². The molecule has 0 unspecified atom stereocenters. The summed E-state index contributed by atoms with van der Waals surface area (Å²) in [7, 11) is 2.27. The fourth-order valence-electron chi connectivity index (χ4n) is 1.54. The predicted octanol–water partition coefficient (Wildman–Crippen LogP) is 2.44. The van der Waals surface area contributed by atoms with E-state index in [1.807, 2.05) is 0 Å². The number of rotatable bonds is 4. The first-order valence-corrected chi connectivity index (χ1v) is 6.92. The van der Waals surface area contributed by atoms with E-state index in [1.165, 1.54) is 29.5 Å². The molecule has 1 aliphatic heterocycles. The highest BCUT2D eigenvalue weighted by Gasteiger charge is 2.34. The zero-order chi connectivity index (χ0) is 16.9. The Morgan fingerprint density at radius 1 is 1.18 bits per heavy atom. The van der Waals surface area contributed by atoms with Crippen molar-refractivity contribution in [2.75, 3.05) is 14.2 Å². The highest BCUT2D eigenvalue weighted by Crippen LogP contribution is 2.34. The van der Waals surface area contributed by atoms with Crippen LogP contribution in [0.5, 0.6) is 0 Å². The Morgan fingerprint density at radius 3 is 2.09 bits per heavy atom. The Bertz CT molecular complexity index is 591. The number of carbonyl (C=O) groups excluding carboxylic acids is 2. The van der Waals surface area contributed by atoms with E-state index >= 15 is 0 Å². The number of carbonyl (C=O) groups is 2. The molecular weight excluding hydrogens is 355 g/mol. The smallest absolute Gasteiger partial charge is 0.356 e. The van der Waals surface area contributed by atoms with Crippen molar-refractivity contribution in [3.8, 4) is 6.07 Å². The van der Waals surface area contributed by atoms with Crippen molar-refractivity contribution >= 4 is 46.7 Å². The third-order valence-corrected chi connectivity index (χ3v) is 3.69. The first-order valence-electron chi connectivity index (χ1n) is 5.79. The standard InChI is InChI=1S/C13H11Cl3N2O4/c1-21-11(19)9(14)10(12(20)22-2)18-5-3-8(4-6-18)13(15,16)7-17/h3-6,8H,1-2H3/b10-9-. The Hall–Kier alpha value is -1.68. The molecule has 0 N–H and O–H groups in total. The molecule has 0 saturated carbocycles. The minimum atomic E-state index is -1.65. The molecule has 0 saturated heterocycles. The third kappa shape index (κ3) is 3.95. The van der Waals surface area contributed by atoms with Crippen molar-refractivity contribution in [3.05, 3.63) is 35.3 Å². The number of allylic oxidation sites excluding steroid dienone is 2. The van der Waals surface area contributed by atoms with E-state index in [0.29, 0.717) is 0 Å². The summed E-state index contributed by atoms with van der Waals surface area (Å²) in [5.74, 6) is -2.34. The van der Waals surface area contributed by atoms with Crippen LogP contribution >= 0.6 is 34.8 Å². The van der Waals surface area contributed by atoms with E-state index < -0.39 is 27.2 Å². The molecule has 6 nitrogen and oxygen atoms in total. The van der Waals surface area contributed by atoms with E-state index in [9.17, 15) is 9.59 Å². The molecular formula is C13H11Cl3N2O4. The quantitative estimate of drug-likeness (QED) is 0.432. The lowest BCUT2D eigenvalue weighted by molar-refractivity contribution is -0.139. The van der Waals surface area contributed by atoms with Gasteiger partial charge in [0.15, 0.2) is 10.7 Å². The average Bonchev–Trinajstić information content (AvgIpc) is 2.54. The highest BCUT2D eigenvalue weighted by molar-refractivity contribution is 6.50. The van der Waals surface area contributed by atoms with Crippen LogP contribution in [-0.2, 0) is 19.1 Å². The van der Waals surface area contributed by atoms with Gasteiger partial charge in [0.05, 0.1) is 14.2 Å². The summed E-state index contributed by atoms with van der Waals surface area (Å²) in [4.78, 5) is 24.6. The van der Waals surface area contributed by atoms with Gasteiger partial charge in [0.25, 0.3) is 0 Å². The van der Waals surface area contributed by atoms with Gasteiger partial charge in [0.1, 0.15) is 6.07 Å². The van der Waals surface area contributed by atoms with Crippen LogP contribution in [0.4, 0.5) is 0 Å². The number of alkyl halides is 2. The lowest BCUT2D eigenvalue weighted by Crippen LogP contribution is -2.28. The summed E-state index contributed by atoms with van der Waals surface area (Å²) >= 11 is 17.5. The maximum Gasteiger partial charge on any atom is 0.356 e. The van der Waals surface area contributed by atoms with Crippen molar-refractivity contribution in [1.29, 1.82) is 5.26 Å². The number of esters is 2. The molecule has 1 heterocycles. The molecule has 0 aromatic carbocycles. The van der Waals surface area contributed by atoms with Crippen LogP contribution in [-0.4, -0.2) is 35.4 Å². The van der Waals surface area contributed by atoms with Gasteiger partial charge in [-0.15, -0.1) is 0 Å². The third-order valence-electron chi connectivity index (χ3n) is 2.69. The number of hydrogen-bond acceptors (Lipinski definition) is 6. The molecule has 0 spiro atoms. The summed E-state index contributed by atoms with van der Waals surface area (Å²) in [5, 5.41) is 8.43. The van der Waals surface area contributed by atoms with E-state index in [4.69, 9.17) is 40.1 Å². The monoisotopic (exact) mass is 364 g/mol. The summed E-state index contributed by atoms with van der Waals surface area (Å²) in [6.07, 6.45) is 5.74. The fourth-order valence-corrected chi connectivity index (χ4v) is 2.08. The van der Waals surface area contributed by atoms with Gasteiger partial charge in [-0.1, -0.05) is 47.0 Å². The van der Waals surface area contributed by atoms with Gasteiger partial charge in [-0.25, -0.2) is 9.59 Å². The normalized spacial score (nSPS) is 15.9.